The molecule has 0 aliphatic heterocycles. The van der Waals surface area contributed by atoms with Gasteiger partial charge >= 0.3 is 0 Å². The van der Waals surface area contributed by atoms with Crippen molar-refractivity contribution in [3.63, 3.8) is 0 Å². The number of para-hydroxylation sites is 1. The van der Waals surface area contributed by atoms with E-state index in [1.54, 1.807) is 23.1 Å². The molecular weight excluding hydrogens is 440 g/mol. The zero-order valence-corrected chi connectivity index (χ0v) is 19.8. The van der Waals surface area contributed by atoms with E-state index in [4.69, 9.17) is 4.52 Å². The van der Waals surface area contributed by atoms with Crippen molar-refractivity contribution >= 4 is 34.7 Å². The maximum atomic E-state index is 12.3. The summed E-state index contributed by atoms with van der Waals surface area (Å²) >= 11 is 3.18. The molecule has 2 aromatic heterocycles. The summed E-state index contributed by atoms with van der Waals surface area (Å²) in [6.07, 6.45) is 0.693. The van der Waals surface area contributed by atoms with Crippen molar-refractivity contribution in [3.05, 3.63) is 76.3 Å². The Labute approximate surface area is 195 Å². The average molecular weight is 465 g/mol. The van der Waals surface area contributed by atoms with E-state index in [2.05, 4.69) is 57.0 Å². The number of carbonyl (C=O) groups is 1. The van der Waals surface area contributed by atoms with Crippen LogP contribution in [-0.4, -0.2) is 21.0 Å². The number of nitrogens with zero attached hydrogens (tertiary/aromatic N) is 3. The SMILES string of the molecule is Cc1ccc(-c2csc(SCc3noc(CCC(=O)Nc4c(C)cccc4C)n3)n2)cc1. The highest BCUT2D eigenvalue weighted by Crippen LogP contribution is 2.30. The lowest BCUT2D eigenvalue weighted by Gasteiger charge is -2.10. The van der Waals surface area contributed by atoms with Gasteiger partial charge in [0.05, 0.1) is 11.4 Å². The quantitative estimate of drug-likeness (QED) is 0.323. The molecule has 0 bridgehead atoms. The summed E-state index contributed by atoms with van der Waals surface area (Å²) in [6, 6.07) is 14.3. The Morgan fingerprint density at radius 2 is 1.81 bits per heavy atom. The van der Waals surface area contributed by atoms with Crippen LogP contribution in [0.15, 0.2) is 56.7 Å². The van der Waals surface area contributed by atoms with Gasteiger partial charge in [-0.2, -0.15) is 4.98 Å². The van der Waals surface area contributed by atoms with Crippen molar-refractivity contribution in [1.29, 1.82) is 0 Å². The number of rotatable bonds is 8. The van der Waals surface area contributed by atoms with Crippen molar-refractivity contribution < 1.29 is 9.32 Å². The number of amides is 1. The van der Waals surface area contributed by atoms with Crippen LogP contribution in [0.3, 0.4) is 0 Å². The van der Waals surface area contributed by atoms with Gasteiger partial charge in [-0.1, -0.05) is 64.9 Å². The van der Waals surface area contributed by atoms with Gasteiger partial charge in [-0.25, -0.2) is 4.98 Å². The lowest BCUT2D eigenvalue weighted by Crippen LogP contribution is -2.14. The summed E-state index contributed by atoms with van der Waals surface area (Å²) in [5, 5.41) is 9.07. The lowest BCUT2D eigenvalue weighted by molar-refractivity contribution is -0.116. The van der Waals surface area contributed by atoms with Gasteiger partial charge in [-0.15, -0.1) is 11.3 Å². The third kappa shape index (κ3) is 5.63. The highest BCUT2D eigenvalue weighted by Gasteiger charge is 2.13. The Kier molecular flexibility index (Phi) is 7.02. The first-order chi connectivity index (χ1) is 15.5. The van der Waals surface area contributed by atoms with E-state index in [1.807, 2.05) is 32.0 Å². The molecule has 8 heteroatoms. The van der Waals surface area contributed by atoms with E-state index in [-0.39, 0.29) is 12.3 Å². The van der Waals surface area contributed by atoms with Gasteiger partial charge in [-0.05, 0) is 31.9 Å². The number of hydrogen-bond acceptors (Lipinski definition) is 7. The summed E-state index contributed by atoms with van der Waals surface area (Å²) in [6.45, 7) is 6.04. The van der Waals surface area contributed by atoms with Crippen molar-refractivity contribution in [2.45, 2.75) is 43.7 Å². The van der Waals surface area contributed by atoms with Crippen LogP contribution in [0.1, 0.15) is 34.8 Å². The zero-order chi connectivity index (χ0) is 22.5. The van der Waals surface area contributed by atoms with Crippen molar-refractivity contribution in [2.75, 3.05) is 5.32 Å². The van der Waals surface area contributed by atoms with Crippen LogP contribution < -0.4 is 5.32 Å². The zero-order valence-electron chi connectivity index (χ0n) is 18.2. The van der Waals surface area contributed by atoms with Crippen molar-refractivity contribution in [3.8, 4) is 11.3 Å². The number of aryl methyl sites for hydroxylation is 4. The van der Waals surface area contributed by atoms with E-state index < -0.39 is 0 Å². The molecule has 0 aliphatic rings. The fraction of sp³-hybridized carbons (Fsp3) is 0.250. The van der Waals surface area contributed by atoms with Crippen LogP contribution in [0.4, 0.5) is 5.69 Å². The van der Waals surface area contributed by atoms with E-state index >= 15 is 0 Å². The number of thiazole rings is 1. The largest absolute Gasteiger partial charge is 0.339 e. The predicted molar refractivity (Wildman–Crippen MR) is 129 cm³/mol. The number of thioether (sulfide) groups is 1. The molecule has 1 N–H and O–H groups in total. The minimum atomic E-state index is -0.0667. The first kappa shape index (κ1) is 22.2. The molecule has 0 aliphatic carbocycles. The Morgan fingerprint density at radius 3 is 2.56 bits per heavy atom. The second-order valence-corrected chi connectivity index (χ2v) is 9.65. The van der Waals surface area contributed by atoms with Gasteiger partial charge < -0.3 is 9.84 Å². The van der Waals surface area contributed by atoms with Crippen LogP contribution in [0.25, 0.3) is 11.3 Å². The number of anilines is 1. The lowest BCUT2D eigenvalue weighted by atomic mass is 10.1. The molecule has 32 heavy (non-hydrogen) atoms. The van der Waals surface area contributed by atoms with Gasteiger partial charge in [0.25, 0.3) is 0 Å². The van der Waals surface area contributed by atoms with Crippen LogP contribution in [-0.2, 0) is 17.0 Å². The normalized spacial score (nSPS) is 11.0. The molecule has 0 spiro atoms. The third-order valence-electron chi connectivity index (χ3n) is 4.98. The maximum Gasteiger partial charge on any atom is 0.227 e. The molecule has 0 saturated heterocycles. The topological polar surface area (TPSA) is 80.9 Å². The van der Waals surface area contributed by atoms with E-state index in [0.717, 1.165) is 32.4 Å². The third-order valence-corrected chi connectivity index (χ3v) is 6.99. The van der Waals surface area contributed by atoms with Crippen LogP contribution >= 0.6 is 23.1 Å². The number of nitrogens with one attached hydrogen (secondary N) is 1. The molecule has 0 saturated carbocycles. The first-order valence-electron chi connectivity index (χ1n) is 10.3. The molecule has 0 unspecified atom stereocenters. The van der Waals surface area contributed by atoms with Gasteiger partial charge in [0.15, 0.2) is 10.2 Å². The van der Waals surface area contributed by atoms with Gasteiger partial charge in [0.1, 0.15) is 0 Å². The van der Waals surface area contributed by atoms with E-state index in [9.17, 15) is 4.79 Å². The van der Waals surface area contributed by atoms with Crippen LogP contribution in [0.2, 0.25) is 0 Å². The molecule has 4 rings (SSSR count). The van der Waals surface area contributed by atoms with Gasteiger partial charge in [-0.3, -0.25) is 4.79 Å². The van der Waals surface area contributed by atoms with E-state index in [1.165, 1.54) is 5.56 Å². The smallest absolute Gasteiger partial charge is 0.227 e. The second-order valence-electron chi connectivity index (χ2n) is 7.57. The summed E-state index contributed by atoms with van der Waals surface area (Å²) in [5.74, 6) is 1.57. The summed E-state index contributed by atoms with van der Waals surface area (Å²) in [4.78, 5) is 21.4. The van der Waals surface area contributed by atoms with Gasteiger partial charge in [0.2, 0.25) is 11.8 Å². The molecule has 0 radical (unpaired) electrons. The van der Waals surface area contributed by atoms with Crippen molar-refractivity contribution in [1.82, 2.24) is 15.1 Å². The van der Waals surface area contributed by atoms with Crippen LogP contribution in [0.5, 0.6) is 0 Å². The minimum absolute atomic E-state index is 0.0667. The Balaban J connectivity index is 1.27. The maximum absolute atomic E-state index is 12.3. The molecule has 0 atom stereocenters. The Bertz CT molecular complexity index is 1190. The number of aromatic nitrogens is 3. The number of benzene rings is 2. The molecule has 0 fully saturated rings. The van der Waals surface area contributed by atoms with E-state index in [0.29, 0.717) is 23.9 Å². The average Bonchev–Trinajstić information content (AvgIpc) is 3.44. The predicted octanol–water partition coefficient (Wildman–Crippen LogP) is 5.98. The molecule has 164 valence electrons. The summed E-state index contributed by atoms with van der Waals surface area (Å²) < 4.78 is 6.27. The van der Waals surface area contributed by atoms with Crippen molar-refractivity contribution in [2.24, 2.45) is 0 Å². The molecule has 1 amide bonds. The molecule has 4 aromatic rings. The molecule has 2 aromatic carbocycles. The monoisotopic (exact) mass is 464 g/mol. The minimum Gasteiger partial charge on any atom is -0.339 e. The van der Waals surface area contributed by atoms with Crippen LogP contribution in [0, 0.1) is 20.8 Å². The molecular formula is C24H24N4O2S2. The van der Waals surface area contributed by atoms with Gasteiger partial charge in [0, 0.05) is 29.5 Å². The Morgan fingerprint density at radius 1 is 1.06 bits per heavy atom. The first-order valence-corrected chi connectivity index (χ1v) is 12.2. The summed E-state index contributed by atoms with van der Waals surface area (Å²) in [5.41, 5.74) is 6.27. The second kappa shape index (κ2) is 10.1. The number of hydrogen-bond donors (Lipinski definition) is 1. The highest BCUT2D eigenvalue weighted by molar-refractivity contribution is 8.00. The molecule has 6 nitrogen and oxygen atoms in total. The fourth-order valence-corrected chi connectivity index (χ4v) is 4.87. The highest BCUT2D eigenvalue weighted by atomic mass is 32.2. The number of carbonyl (C=O) groups excluding carboxylic acids is 1. The standard InChI is InChI=1S/C24H24N4O2S2/c1-15-7-9-18(10-8-15)19-13-31-24(25-19)32-14-20-26-22(30-28-20)12-11-21(29)27-23-16(2)5-4-6-17(23)3/h4-10,13H,11-12,14H2,1-3H3,(H,27,29). The summed E-state index contributed by atoms with van der Waals surface area (Å²) in [7, 11) is 0. The fourth-order valence-electron chi connectivity index (χ4n) is 3.19. The molecule has 2 heterocycles. The Hall–Kier alpha value is -2.97.